The van der Waals surface area contributed by atoms with Gasteiger partial charge in [0.15, 0.2) is 5.58 Å². The van der Waals surface area contributed by atoms with Gasteiger partial charge in [-0.1, -0.05) is 11.6 Å². The molecule has 8 heteroatoms. The molecule has 0 atom stereocenters. The van der Waals surface area contributed by atoms with Crippen molar-refractivity contribution in [1.29, 1.82) is 0 Å². The predicted molar refractivity (Wildman–Crippen MR) is 102 cm³/mol. The molecule has 4 rings (SSSR count). The third kappa shape index (κ3) is 3.98. The molecular weight excluding hydrogens is 368 g/mol. The first-order valence-electron chi connectivity index (χ1n) is 8.78. The van der Waals surface area contributed by atoms with Crippen molar-refractivity contribution in [1.82, 2.24) is 9.97 Å². The minimum atomic E-state index is -0.562. The Hall–Kier alpha value is -2.80. The van der Waals surface area contributed by atoms with E-state index in [0.29, 0.717) is 29.3 Å². The normalized spacial score (nSPS) is 15.2. The van der Waals surface area contributed by atoms with Crippen molar-refractivity contribution in [3.05, 3.63) is 47.2 Å². The van der Waals surface area contributed by atoms with Crippen LogP contribution >= 0.6 is 11.6 Å². The lowest BCUT2D eigenvalue weighted by Crippen LogP contribution is -2.35. The van der Waals surface area contributed by atoms with Crippen molar-refractivity contribution in [3.8, 4) is 5.75 Å². The number of pyridine rings is 1. The van der Waals surface area contributed by atoms with Gasteiger partial charge in [0.25, 0.3) is 11.9 Å². The molecule has 2 aromatic heterocycles. The van der Waals surface area contributed by atoms with E-state index in [1.807, 2.05) is 6.07 Å². The Kier molecular flexibility index (Phi) is 4.85. The van der Waals surface area contributed by atoms with Crippen LogP contribution in [0.15, 0.2) is 40.9 Å². The molecule has 0 radical (unpaired) electrons. The Labute approximate surface area is 161 Å². The Bertz CT molecular complexity index is 966. The maximum absolute atomic E-state index is 11.2. The molecule has 1 aliphatic heterocycles. The van der Waals surface area contributed by atoms with Crippen molar-refractivity contribution < 1.29 is 13.9 Å². The van der Waals surface area contributed by atoms with Crippen LogP contribution in [0.4, 0.5) is 6.01 Å². The number of fused-ring (bicyclic) bond motifs is 1. The number of carbonyl (C=O) groups excluding carboxylic acids is 1. The van der Waals surface area contributed by atoms with Crippen LogP contribution in [0.5, 0.6) is 5.75 Å². The van der Waals surface area contributed by atoms with Crippen molar-refractivity contribution in [2.75, 3.05) is 24.6 Å². The van der Waals surface area contributed by atoms with Crippen molar-refractivity contribution in [3.63, 3.8) is 0 Å². The van der Waals surface area contributed by atoms with Crippen LogP contribution in [0.25, 0.3) is 11.1 Å². The van der Waals surface area contributed by atoms with Gasteiger partial charge in [-0.25, -0.2) is 0 Å². The van der Waals surface area contributed by atoms with E-state index < -0.39 is 5.91 Å². The number of carbonyl (C=O) groups is 1. The smallest absolute Gasteiger partial charge is 0.298 e. The third-order valence-electron chi connectivity index (χ3n) is 4.69. The summed E-state index contributed by atoms with van der Waals surface area (Å²) < 4.78 is 11.7. The second-order valence-corrected chi connectivity index (χ2v) is 7.03. The lowest BCUT2D eigenvalue weighted by molar-refractivity contribution is 0.0995. The number of nitrogens with two attached hydrogens (primary N) is 1. The largest absolute Gasteiger partial charge is 0.493 e. The highest BCUT2D eigenvalue weighted by molar-refractivity contribution is 6.31. The number of primary amides is 1. The van der Waals surface area contributed by atoms with Crippen LogP contribution in [-0.2, 0) is 0 Å². The van der Waals surface area contributed by atoms with E-state index in [2.05, 4.69) is 14.9 Å². The predicted octanol–water partition coefficient (Wildman–Crippen LogP) is 3.27. The zero-order chi connectivity index (χ0) is 18.8. The highest BCUT2D eigenvalue weighted by atomic mass is 35.5. The summed E-state index contributed by atoms with van der Waals surface area (Å²) in [7, 11) is 0. The number of benzene rings is 1. The summed E-state index contributed by atoms with van der Waals surface area (Å²) in [5, 5.41) is 0.647. The Morgan fingerprint density at radius 1 is 1.30 bits per heavy atom. The average Bonchev–Trinajstić information content (AvgIpc) is 3.10. The van der Waals surface area contributed by atoms with Gasteiger partial charge in [-0.05, 0) is 43.0 Å². The number of halogens is 1. The summed E-state index contributed by atoms with van der Waals surface area (Å²) in [6, 6.07) is 9.37. The first-order valence-corrected chi connectivity index (χ1v) is 9.16. The molecule has 0 unspecified atom stereocenters. The number of oxazole rings is 1. The van der Waals surface area contributed by atoms with Crippen LogP contribution < -0.4 is 15.4 Å². The molecule has 7 nitrogen and oxygen atoms in total. The van der Waals surface area contributed by atoms with E-state index in [-0.39, 0.29) is 5.69 Å². The van der Waals surface area contributed by atoms with E-state index in [4.69, 9.17) is 26.5 Å². The van der Waals surface area contributed by atoms with Crippen molar-refractivity contribution in [2.24, 2.45) is 11.7 Å². The molecular formula is C19H19ClN4O3. The highest BCUT2D eigenvalue weighted by Gasteiger charge is 2.23. The van der Waals surface area contributed by atoms with Gasteiger partial charge in [0.05, 0.1) is 6.61 Å². The number of rotatable bonds is 5. The molecule has 27 heavy (non-hydrogen) atoms. The van der Waals surface area contributed by atoms with Gasteiger partial charge in [0.1, 0.15) is 17.0 Å². The number of anilines is 1. The summed E-state index contributed by atoms with van der Waals surface area (Å²) in [4.78, 5) is 21.8. The van der Waals surface area contributed by atoms with Gasteiger partial charge in [-0.15, -0.1) is 0 Å². The van der Waals surface area contributed by atoms with Crippen LogP contribution in [0.2, 0.25) is 5.02 Å². The number of hydrogen-bond acceptors (Lipinski definition) is 6. The van der Waals surface area contributed by atoms with Gasteiger partial charge in [0.2, 0.25) is 0 Å². The fourth-order valence-electron chi connectivity index (χ4n) is 3.16. The van der Waals surface area contributed by atoms with E-state index in [1.54, 1.807) is 24.3 Å². The molecule has 0 saturated carbocycles. The van der Waals surface area contributed by atoms with Gasteiger partial charge in [-0.2, -0.15) is 4.98 Å². The third-order valence-corrected chi connectivity index (χ3v) is 4.93. The molecule has 1 aliphatic rings. The van der Waals surface area contributed by atoms with E-state index in [0.717, 1.165) is 37.0 Å². The zero-order valence-electron chi connectivity index (χ0n) is 14.6. The Balaban J connectivity index is 1.33. The fourth-order valence-corrected chi connectivity index (χ4v) is 3.33. The summed E-state index contributed by atoms with van der Waals surface area (Å²) in [6.45, 7) is 2.27. The van der Waals surface area contributed by atoms with Gasteiger partial charge >= 0.3 is 0 Å². The molecule has 3 aromatic rings. The molecule has 1 fully saturated rings. The zero-order valence-corrected chi connectivity index (χ0v) is 15.4. The topological polar surface area (TPSA) is 94.5 Å². The lowest BCUT2D eigenvalue weighted by atomic mass is 9.98. The second-order valence-electron chi connectivity index (χ2n) is 6.59. The van der Waals surface area contributed by atoms with Crippen molar-refractivity contribution in [2.45, 2.75) is 12.8 Å². The summed E-state index contributed by atoms with van der Waals surface area (Å²) in [5.41, 5.74) is 6.96. The van der Waals surface area contributed by atoms with Crippen LogP contribution in [0.1, 0.15) is 23.3 Å². The molecule has 0 spiro atoms. The van der Waals surface area contributed by atoms with Gasteiger partial charge in [-0.3, -0.25) is 9.78 Å². The monoisotopic (exact) mass is 386 g/mol. The van der Waals surface area contributed by atoms with Gasteiger partial charge < -0.3 is 19.8 Å². The number of aromatic nitrogens is 2. The average molecular weight is 387 g/mol. The first-order chi connectivity index (χ1) is 13.1. The second kappa shape index (κ2) is 7.44. The summed E-state index contributed by atoms with van der Waals surface area (Å²) >= 11 is 6.01. The van der Waals surface area contributed by atoms with E-state index in [9.17, 15) is 4.79 Å². The number of amides is 1. The molecule has 3 heterocycles. The number of nitrogens with zero attached hydrogens (tertiary/aromatic N) is 3. The van der Waals surface area contributed by atoms with Crippen molar-refractivity contribution >= 4 is 34.6 Å². The lowest BCUT2D eigenvalue weighted by Gasteiger charge is -2.30. The summed E-state index contributed by atoms with van der Waals surface area (Å²) in [6.07, 6.45) is 3.46. The molecule has 1 saturated heterocycles. The SMILES string of the molecule is NC(=O)c1cc(OCC2CCN(c3nc4cc(Cl)ccc4o3)CC2)ccn1. The fraction of sp³-hybridized carbons (Fsp3) is 0.316. The number of ether oxygens (including phenoxy) is 1. The molecule has 1 amide bonds. The van der Waals surface area contributed by atoms with Crippen LogP contribution in [0, 0.1) is 5.92 Å². The molecule has 0 bridgehead atoms. The molecule has 2 N–H and O–H groups in total. The molecule has 140 valence electrons. The van der Waals surface area contributed by atoms with E-state index >= 15 is 0 Å². The maximum atomic E-state index is 11.2. The minimum absolute atomic E-state index is 0.207. The quantitative estimate of drug-likeness (QED) is 0.723. The van der Waals surface area contributed by atoms with Crippen LogP contribution in [0.3, 0.4) is 0 Å². The summed E-state index contributed by atoms with van der Waals surface area (Å²) in [5.74, 6) is 0.468. The molecule has 1 aromatic carbocycles. The Morgan fingerprint density at radius 2 is 2.11 bits per heavy atom. The van der Waals surface area contributed by atoms with E-state index in [1.165, 1.54) is 6.20 Å². The maximum Gasteiger partial charge on any atom is 0.298 e. The highest BCUT2D eigenvalue weighted by Crippen LogP contribution is 2.28. The first kappa shape index (κ1) is 17.6. The standard InChI is InChI=1S/C19H19ClN4O3/c20-13-1-2-17-15(9-13)23-19(27-17)24-7-4-12(5-8-24)11-26-14-3-6-22-16(10-14)18(21)25/h1-3,6,9-10,12H,4-5,7-8,11H2,(H2,21,25). The molecule has 0 aliphatic carbocycles. The Morgan fingerprint density at radius 3 is 2.89 bits per heavy atom. The number of hydrogen-bond donors (Lipinski definition) is 1. The van der Waals surface area contributed by atoms with Crippen LogP contribution in [-0.4, -0.2) is 35.6 Å². The van der Waals surface area contributed by atoms with Gasteiger partial charge in [0, 0.05) is 30.4 Å². The number of piperidine rings is 1. The minimum Gasteiger partial charge on any atom is -0.493 e.